The van der Waals surface area contributed by atoms with Gasteiger partial charge in [-0.25, -0.2) is 8.42 Å². The van der Waals surface area contributed by atoms with E-state index in [9.17, 15) is 8.42 Å². The molecule has 18 heavy (non-hydrogen) atoms. The fourth-order valence-corrected chi connectivity index (χ4v) is 5.95. The second-order valence-electron chi connectivity index (χ2n) is 5.21. The summed E-state index contributed by atoms with van der Waals surface area (Å²) >= 11 is 0. The lowest BCUT2D eigenvalue weighted by molar-refractivity contribution is 0.309. The second kappa shape index (κ2) is 7.15. The number of sulfonamides is 1. The first-order chi connectivity index (χ1) is 8.38. The largest absolute Gasteiger partial charge is 0.329 e. The summed E-state index contributed by atoms with van der Waals surface area (Å²) in [5, 5.41) is 3.37. The van der Waals surface area contributed by atoms with Crippen molar-refractivity contribution in [3.8, 4) is 0 Å². The molecule has 0 aromatic rings. The Morgan fingerprint density at radius 2 is 2.06 bits per heavy atom. The molecule has 7 heteroatoms. The van der Waals surface area contributed by atoms with Gasteiger partial charge in [0.2, 0.25) is 10.0 Å². The Hall–Kier alpha value is 0.260. The van der Waals surface area contributed by atoms with Crippen molar-refractivity contribution in [1.82, 2.24) is 9.62 Å². The van der Waals surface area contributed by atoms with E-state index in [0.717, 1.165) is 6.16 Å². The van der Waals surface area contributed by atoms with E-state index < -0.39 is 10.0 Å². The van der Waals surface area contributed by atoms with Crippen LogP contribution in [0, 0.1) is 5.92 Å². The van der Waals surface area contributed by atoms with Gasteiger partial charge < -0.3 is 11.1 Å². The zero-order chi connectivity index (χ0) is 13.8. The van der Waals surface area contributed by atoms with E-state index in [4.69, 9.17) is 5.73 Å². The van der Waals surface area contributed by atoms with Gasteiger partial charge in [0.15, 0.2) is 0 Å². The highest BCUT2D eigenvalue weighted by Crippen LogP contribution is 2.24. The zero-order valence-electron chi connectivity index (χ0n) is 11.5. The van der Waals surface area contributed by atoms with Gasteiger partial charge in [0.1, 0.15) is 0 Å². The quantitative estimate of drug-likeness (QED) is 0.688. The van der Waals surface area contributed by atoms with Gasteiger partial charge in [-0.3, -0.25) is 0 Å². The molecule has 1 unspecified atom stereocenters. The normalized spacial score (nSPS) is 25.4. The predicted octanol–water partition coefficient (Wildman–Crippen LogP) is 0.229. The number of nitrogens with zero attached hydrogens (tertiary/aromatic N) is 1. The molecule has 0 saturated carbocycles. The smallest absolute Gasteiger partial charge is 0.218 e. The minimum absolute atomic E-state index is 0.00731. The Labute approximate surface area is 113 Å². The summed E-state index contributed by atoms with van der Waals surface area (Å²) in [6.45, 7) is 8.12. The summed E-state index contributed by atoms with van der Waals surface area (Å²) in [6.07, 6.45) is 0.994. The third-order valence-corrected chi connectivity index (χ3v) is 7.49. The summed E-state index contributed by atoms with van der Waals surface area (Å²) in [5.41, 5.74) is 6.02. The highest BCUT2D eigenvalue weighted by Gasteiger charge is 2.30. The van der Waals surface area contributed by atoms with Gasteiger partial charge in [0, 0.05) is 31.7 Å². The minimum Gasteiger partial charge on any atom is -0.329 e. The van der Waals surface area contributed by atoms with Crippen LogP contribution in [0.4, 0.5) is 0 Å². The van der Waals surface area contributed by atoms with Crippen molar-refractivity contribution < 1.29 is 8.42 Å². The van der Waals surface area contributed by atoms with Crippen LogP contribution in [0.1, 0.15) is 20.8 Å². The van der Waals surface area contributed by atoms with Gasteiger partial charge in [-0.05, 0) is 19.0 Å². The summed E-state index contributed by atoms with van der Waals surface area (Å²) < 4.78 is 25.5. The standard InChI is InChI=1S/C11H26N3O2PS/c1-9(2)11(6-12)13-7-10(3)14-4-5-17-8-18(14,15)16/h9-11,13,17H,4-8,12H2,1-3H3/t10-,11+/m1/s1. The molecular formula is C11H26N3O2PS. The summed E-state index contributed by atoms with van der Waals surface area (Å²) in [6, 6.07) is 0.259. The van der Waals surface area contributed by atoms with Crippen molar-refractivity contribution in [2.75, 3.05) is 31.3 Å². The fourth-order valence-electron chi connectivity index (χ4n) is 2.12. The molecule has 1 saturated heterocycles. The number of rotatable bonds is 6. The van der Waals surface area contributed by atoms with Gasteiger partial charge in [0.05, 0.1) is 5.49 Å². The summed E-state index contributed by atoms with van der Waals surface area (Å²) in [5.74, 6) is 0.460. The number of hydrogen-bond donors (Lipinski definition) is 2. The Morgan fingerprint density at radius 1 is 1.39 bits per heavy atom. The Kier molecular flexibility index (Phi) is 6.48. The molecule has 0 aromatic carbocycles. The molecule has 0 amide bonds. The van der Waals surface area contributed by atoms with Crippen LogP contribution in [-0.2, 0) is 10.0 Å². The first-order valence-electron chi connectivity index (χ1n) is 6.52. The van der Waals surface area contributed by atoms with E-state index in [1.165, 1.54) is 0 Å². The lowest BCUT2D eigenvalue weighted by Gasteiger charge is -2.33. The second-order valence-corrected chi connectivity index (χ2v) is 9.00. The van der Waals surface area contributed by atoms with Crippen LogP contribution in [-0.4, -0.2) is 56.1 Å². The lowest BCUT2D eigenvalue weighted by atomic mass is 10.0. The maximum atomic E-state index is 12.0. The number of nitrogens with one attached hydrogen (secondary N) is 1. The van der Waals surface area contributed by atoms with Crippen LogP contribution < -0.4 is 11.1 Å². The van der Waals surface area contributed by atoms with Gasteiger partial charge in [-0.15, -0.1) is 8.58 Å². The van der Waals surface area contributed by atoms with Crippen LogP contribution in [0.25, 0.3) is 0 Å². The van der Waals surface area contributed by atoms with E-state index in [0.29, 0.717) is 39.6 Å². The molecule has 1 rings (SSSR count). The van der Waals surface area contributed by atoms with Crippen molar-refractivity contribution in [2.45, 2.75) is 32.9 Å². The molecule has 1 heterocycles. The van der Waals surface area contributed by atoms with Gasteiger partial charge in [-0.2, -0.15) is 4.31 Å². The average molecular weight is 295 g/mol. The highest BCUT2D eigenvalue weighted by molar-refractivity contribution is 7.94. The fraction of sp³-hybridized carbons (Fsp3) is 1.00. The van der Waals surface area contributed by atoms with Crippen LogP contribution in [0.5, 0.6) is 0 Å². The topological polar surface area (TPSA) is 75.4 Å². The molecule has 0 aliphatic carbocycles. The molecule has 0 radical (unpaired) electrons. The highest BCUT2D eigenvalue weighted by atomic mass is 32.2. The van der Waals surface area contributed by atoms with Crippen LogP contribution >= 0.6 is 8.58 Å². The maximum Gasteiger partial charge on any atom is 0.218 e. The van der Waals surface area contributed by atoms with E-state index in [1.54, 1.807) is 4.31 Å². The number of nitrogens with two attached hydrogens (primary N) is 1. The summed E-state index contributed by atoms with van der Waals surface area (Å²) in [4.78, 5) is 0. The molecule has 3 atom stereocenters. The molecule has 1 fully saturated rings. The molecular weight excluding hydrogens is 269 g/mol. The van der Waals surface area contributed by atoms with Crippen molar-refractivity contribution >= 4 is 18.6 Å². The molecule has 3 N–H and O–H groups in total. The van der Waals surface area contributed by atoms with E-state index in [-0.39, 0.29) is 12.1 Å². The Bertz CT molecular complexity index is 348. The molecule has 1 aliphatic heterocycles. The monoisotopic (exact) mass is 295 g/mol. The van der Waals surface area contributed by atoms with Crippen LogP contribution in [0.15, 0.2) is 0 Å². The minimum atomic E-state index is -3.02. The van der Waals surface area contributed by atoms with E-state index in [1.807, 2.05) is 6.92 Å². The Morgan fingerprint density at radius 3 is 2.56 bits per heavy atom. The van der Waals surface area contributed by atoms with Crippen LogP contribution in [0.3, 0.4) is 0 Å². The van der Waals surface area contributed by atoms with Gasteiger partial charge in [-0.1, -0.05) is 13.8 Å². The van der Waals surface area contributed by atoms with Crippen molar-refractivity contribution in [1.29, 1.82) is 0 Å². The van der Waals surface area contributed by atoms with Crippen molar-refractivity contribution in [2.24, 2.45) is 11.7 Å². The first kappa shape index (κ1) is 16.3. The molecule has 0 aromatic heterocycles. The Balaban J connectivity index is 2.51. The molecule has 1 aliphatic rings. The third kappa shape index (κ3) is 4.42. The van der Waals surface area contributed by atoms with Crippen molar-refractivity contribution in [3.05, 3.63) is 0 Å². The van der Waals surface area contributed by atoms with Gasteiger partial charge in [0.25, 0.3) is 0 Å². The number of hydrogen-bond acceptors (Lipinski definition) is 4. The zero-order valence-corrected chi connectivity index (χ0v) is 13.3. The van der Waals surface area contributed by atoms with E-state index in [2.05, 4.69) is 19.2 Å². The van der Waals surface area contributed by atoms with Crippen LogP contribution in [0.2, 0.25) is 0 Å². The third-order valence-electron chi connectivity index (χ3n) is 3.38. The van der Waals surface area contributed by atoms with Gasteiger partial charge >= 0.3 is 0 Å². The summed E-state index contributed by atoms with van der Waals surface area (Å²) in [7, 11) is -2.47. The molecule has 108 valence electrons. The average Bonchev–Trinajstić information content (AvgIpc) is 2.28. The molecule has 0 bridgehead atoms. The molecule has 5 nitrogen and oxygen atoms in total. The lowest BCUT2D eigenvalue weighted by Crippen LogP contribution is -2.51. The predicted molar refractivity (Wildman–Crippen MR) is 78.8 cm³/mol. The first-order valence-corrected chi connectivity index (χ1v) is 9.54. The van der Waals surface area contributed by atoms with E-state index >= 15 is 0 Å². The SMILES string of the molecule is CC(C)[C@H](CN)NC[C@@H](C)N1CCPCS1(=O)=O. The maximum absolute atomic E-state index is 12.0. The molecule has 0 spiro atoms. The van der Waals surface area contributed by atoms with Crippen molar-refractivity contribution in [3.63, 3.8) is 0 Å².